The third kappa shape index (κ3) is 7.31. The van der Waals surface area contributed by atoms with Gasteiger partial charge in [0.2, 0.25) is 0 Å². The summed E-state index contributed by atoms with van der Waals surface area (Å²) in [7, 11) is 1.63. The van der Waals surface area contributed by atoms with Gasteiger partial charge in [-0.15, -0.1) is 0 Å². The Morgan fingerprint density at radius 3 is 1.77 bits per heavy atom. The molecule has 0 aromatic heterocycles. The van der Waals surface area contributed by atoms with Gasteiger partial charge >= 0.3 is 0 Å². The zero-order valence-electron chi connectivity index (χ0n) is 22.5. The third-order valence-electron chi connectivity index (χ3n) is 6.37. The van der Waals surface area contributed by atoms with Crippen LogP contribution in [0.4, 0.5) is 0 Å². The van der Waals surface area contributed by atoms with E-state index in [4.69, 9.17) is 28.4 Å². The Morgan fingerprint density at radius 2 is 1.18 bits per heavy atom. The van der Waals surface area contributed by atoms with E-state index >= 15 is 0 Å². The summed E-state index contributed by atoms with van der Waals surface area (Å²) < 4.78 is 36.5. The van der Waals surface area contributed by atoms with Crippen molar-refractivity contribution < 1.29 is 28.4 Å². The van der Waals surface area contributed by atoms with Crippen molar-refractivity contribution in [3.63, 3.8) is 0 Å². The minimum atomic E-state index is -0.779. The van der Waals surface area contributed by atoms with Crippen LogP contribution in [0.15, 0.2) is 103 Å². The molecule has 202 valence electrons. The van der Waals surface area contributed by atoms with Gasteiger partial charge in [-0.25, -0.2) is 0 Å². The van der Waals surface area contributed by atoms with E-state index < -0.39 is 5.79 Å². The minimum Gasteiger partial charge on any atom is -0.497 e. The molecule has 1 aliphatic heterocycles. The molecule has 1 heterocycles. The van der Waals surface area contributed by atoms with Crippen molar-refractivity contribution in [1.29, 1.82) is 0 Å². The Labute approximate surface area is 230 Å². The summed E-state index contributed by atoms with van der Waals surface area (Å²) in [4.78, 5) is 0. The lowest BCUT2D eigenvalue weighted by Gasteiger charge is -2.20. The van der Waals surface area contributed by atoms with Crippen LogP contribution in [0.5, 0.6) is 23.0 Å². The Bertz CT molecular complexity index is 1280. The van der Waals surface area contributed by atoms with Crippen LogP contribution < -0.4 is 18.9 Å². The fourth-order valence-electron chi connectivity index (χ4n) is 4.52. The molecule has 0 saturated carbocycles. The van der Waals surface area contributed by atoms with Gasteiger partial charge in [0.25, 0.3) is 0 Å². The van der Waals surface area contributed by atoms with E-state index in [1.807, 2.05) is 117 Å². The van der Waals surface area contributed by atoms with Crippen molar-refractivity contribution in [2.45, 2.75) is 45.1 Å². The fraction of sp³-hybridized carbons (Fsp3) is 0.273. The maximum absolute atomic E-state index is 6.38. The topological polar surface area (TPSA) is 55.4 Å². The van der Waals surface area contributed by atoms with Crippen molar-refractivity contribution in [3.8, 4) is 23.0 Å². The molecule has 0 aliphatic carbocycles. The average Bonchev–Trinajstić information content (AvgIpc) is 3.29. The second-order valence-electron chi connectivity index (χ2n) is 9.87. The first-order chi connectivity index (χ1) is 19.0. The molecule has 1 aliphatic rings. The minimum absolute atomic E-state index is 0.302. The summed E-state index contributed by atoms with van der Waals surface area (Å²) >= 11 is 0. The zero-order valence-corrected chi connectivity index (χ0v) is 22.5. The molecule has 1 fully saturated rings. The van der Waals surface area contributed by atoms with E-state index in [-0.39, 0.29) is 12.2 Å². The second kappa shape index (κ2) is 12.2. The fourth-order valence-corrected chi connectivity index (χ4v) is 4.52. The van der Waals surface area contributed by atoms with Crippen LogP contribution in [-0.2, 0) is 22.7 Å². The van der Waals surface area contributed by atoms with Gasteiger partial charge in [0, 0.05) is 12.1 Å². The van der Waals surface area contributed by atoms with Crippen LogP contribution >= 0.6 is 0 Å². The van der Waals surface area contributed by atoms with Crippen LogP contribution in [0.2, 0.25) is 0 Å². The molecular formula is C33H34O6. The summed E-state index contributed by atoms with van der Waals surface area (Å²) in [5.41, 5.74) is 3.06. The molecule has 0 bridgehead atoms. The molecule has 2 atom stereocenters. The predicted molar refractivity (Wildman–Crippen MR) is 149 cm³/mol. The molecule has 0 amide bonds. The van der Waals surface area contributed by atoms with Crippen LogP contribution in [0, 0.1) is 0 Å². The molecule has 39 heavy (non-hydrogen) atoms. The number of benzene rings is 4. The average molecular weight is 527 g/mol. The van der Waals surface area contributed by atoms with Crippen molar-refractivity contribution >= 4 is 0 Å². The standard InChI is InChI=1S/C33H34O6/c1-33(2)38-31(23-37-28-16-10-15-27(19-28)34-3)32(39-33)26-17-29(35-21-24-11-6-4-7-12-24)20-30(18-26)36-22-25-13-8-5-9-14-25/h4-20,31-32H,21-23H2,1-3H3/t31-,32+/m0/s1. The van der Waals surface area contributed by atoms with E-state index in [2.05, 4.69) is 0 Å². The number of ether oxygens (including phenoxy) is 6. The Morgan fingerprint density at radius 1 is 0.615 bits per heavy atom. The van der Waals surface area contributed by atoms with E-state index in [0.717, 1.165) is 22.4 Å². The first-order valence-electron chi connectivity index (χ1n) is 13.1. The van der Waals surface area contributed by atoms with Gasteiger partial charge in [-0.1, -0.05) is 66.7 Å². The van der Waals surface area contributed by atoms with Crippen molar-refractivity contribution in [2.24, 2.45) is 0 Å². The van der Waals surface area contributed by atoms with E-state index in [9.17, 15) is 0 Å². The molecule has 1 saturated heterocycles. The Balaban J connectivity index is 1.38. The highest BCUT2D eigenvalue weighted by Gasteiger charge is 2.43. The summed E-state index contributed by atoms with van der Waals surface area (Å²) in [6.07, 6.45) is -0.734. The van der Waals surface area contributed by atoms with Crippen LogP contribution in [0.1, 0.15) is 36.6 Å². The van der Waals surface area contributed by atoms with Gasteiger partial charge in [-0.2, -0.15) is 0 Å². The molecule has 4 aromatic rings. The molecule has 0 spiro atoms. The second-order valence-corrected chi connectivity index (χ2v) is 9.87. The van der Waals surface area contributed by atoms with Crippen molar-refractivity contribution in [3.05, 3.63) is 120 Å². The van der Waals surface area contributed by atoms with Crippen molar-refractivity contribution in [2.75, 3.05) is 13.7 Å². The molecule has 4 aromatic carbocycles. The van der Waals surface area contributed by atoms with Gasteiger partial charge in [0.1, 0.15) is 55.0 Å². The molecule has 0 N–H and O–H groups in total. The van der Waals surface area contributed by atoms with Gasteiger partial charge in [0.05, 0.1) is 7.11 Å². The Kier molecular flexibility index (Phi) is 8.35. The number of hydrogen-bond acceptors (Lipinski definition) is 6. The number of methoxy groups -OCH3 is 1. The predicted octanol–water partition coefficient (Wildman–Crippen LogP) is 7.12. The van der Waals surface area contributed by atoms with Crippen molar-refractivity contribution in [1.82, 2.24) is 0 Å². The normalized spacial score (nSPS) is 17.9. The highest BCUT2D eigenvalue weighted by Crippen LogP contribution is 2.41. The lowest BCUT2D eigenvalue weighted by Crippen LogP contribution is -2.26. The van der Waals surface area contributed by atoms with Gasteiger partial charge in [0.15, 0.2) is 5.79 Å². The molecule has 6 nitrogen and oxygen atoms in total. The van der Waals surface area contributed by atoms with E-state index in [0.29, 0.717) is 37.1 Å². The molecular weight excluding hydrogens is 492 g/mol. The number of hydrogen-bond donors (Lipinski definition) is 0. The molecule has 5 rings (SSSR count). The van der Waals surface area contributed by atoms with E-state index in [1.54, 1.807) is 7.11 Å². The van der Waals surface area contributed by atoms with Gasteiger partial charge in [-0.3, -0.25) is 0 Å². The summed E-state index contributed by atoms with van der Waals surface area (Å²) in [6.45, 7) is 5.01. The lowest BCUT2D eigenvalue weighted by molar-refractivity contribution is -0.149. The summed E-state index contributed by atoms with van der Waals surface area (Å²) in [5.74, 6) is 2.05. The first kappa shape index (κ1) is 26.6. The van der Waals surface area contributed by atoms with Crippen LogP contribution in [-0.4, -0.2) is 25.6 Å². The van der Waals surface area contributed by atoms with Crippen LogP contribution in [0.25, 0.3) is 0 Å². The van der Waals surface area contributed by atoms with Gasteiger partial charge < -0.3 is 28.4 Å². The Hall–Kier alpha value is -4.00. The lowest BCUT2D eigenvalue weighted by atomic mass is 10.0. The maximum atomic E-state index is 6.38. The highest BCUT2D eigenvalue weighted by molar-refractivity contribution is 5.41. The molecule has 0 radical (unpaired) electrons. The highest BCUT2D eigenvalue weighted by atomic mass is 16.8. The largest absolute Gasteiger partial charge is 0.497 e. The van der Waals surface area contributed by atoms with Gasteiger partial charge in [-0.05, 0) is 54.8 Å². The smallest absolute Gasteiger partial charge is 0.164 e. The molecule has 6 heteroatoms. The monoisotopic (exact) mass is 526 g/mol. The zero-order chi connectivity index (χ0) is 27.1. The number of rotatable bonds is 11. The molecule has 0 unspecified atom stereocenters. The quantitative estimate of drug-likeness (QED) is 0.207. The van der Waals surface area contributed by atoms with E-state index in [1.165, 1.54) is 0 Å². The summed E-state index contributed by atoms with van der Waals surface area (Å²) in [5, 5.41) is 0. The first-order valence-corrected chi connectivity index (χ1v) is 13.1. The van der Waals surface area contributed by atoms with Crippen LogP contribution in [0.3, 0.4) is 0 Å². The SMILES string of the molecule is COc1cccc(OC[C@@H]2OC(C)(C)O[C@@H]2c2cc(OCc3ccccc3)cc(OCc3ccccc3)c2)c1. The summed E-state index contributed by atoms with van der Waals surface area (Å²) in [6, 6.07) is 33.6. The maximum Gasteiger partial charge on any atom is 0.164 e. The third-order valence-corrected chi connectivity index (χ3v) is 6.37.